The molecule has 1 aromatic heterocycles. The molecule has 1 aromatic carbocycles. The Hall–Kier alpha value is -1.92. The van der Waals surface area contributed by atoms with Gasteiger partial charge in [-0.1, -0.05) is 26.0 Å². The Balaban J connectivity index is 1.98. The summed E-state index contributed by atoms with van der Waals surface area (Å²) in [5.41, 5.74) is 2.76. The minimum Gasteiger partial charge on any atom is -0.383 e. The van der Waals surface area contributed by atoms with Crippen LogP contribution in [0.4, 0.5) is 10.8 Å². The fraction of sp³-hybridized carbons (Fsp3) is 0.444. The second-order valence-corrected chi connectivity index (χ2v) is 7.12. The van der Waals surface area contributed by atoms with E-state index in [1.54, 1.807) is 18.4 Å². The number of nitrogens with one attached hydrogen (secondary N) is 2. The zero-order chi connectivity index (χ0) is 17.5. The van der Waals surface area contributed by atoms with E-state index >= 15 is 0 Å². The predicted octanol–water partition coefficient (Wildman–Crippen LogP) is 4.24. The summed E-state index contributed by atoms with van der Waals surface area (Å²) >= 11 is 1.57. The number of nitrogens with zero attached hydrogens (tertiary/aromatic N) is 1. The maximum atomic E-state index is 11.8. The summed E-state index contributed by atoms with van der Waals surface area (Å²) < 4.78 is 5.12. The standard InChI is InChI=1S/C18H25N3O2S/c1-12(2)9-17(22)20-15-7-5-14(6-8-15)16-11-24-18(21-16)19-13(3)10-23-4/h5-8,11-13H,9-10H2,1-4H3,(H,19,21)(H,20,22)/t13-/m1/s1. The summed E-state index contributed by atoms with van der Waals surface area (Å²) in [6.45, 7) is 6.76. The number of benzene rings is 1. The molecule has 0 bridgehead atoms. The van der Waals surface area contributed by atoms with Gasteiger partial charge in [-0.25, -0.2) is 4.98 Å². The van der Waals surface area contributed by atoms with Crippen LogP contribution in [0.3, 0.4) is 0 Å². The summed E-state index contributed by atoms with van der Waals surface area (Å²) in [5.74, 6) is 0.399. The van der Waals surface area contributed by atoms with Gasteiger partial charge in [0, 0.05) is 36.2 Å². The van der Waals surface area contributed by atoms with Crippen molar-refractivity contribution in [2.75, 3.05) is 24.4 Å². The number of carbonyl (C=O) groups is 1. The van der Waals surface area contributed by atoms with Gasteiger partial charge in [0.05, 0.1) is 12.3 Å². The lowest BCUT2D eigenvalue weighted by molar-refractivity contribution is -0.116. The molecule has 0 spiro atoms. The van der Waals surface area contributed by atoms with Crippen LogP contribution in [-0.4, -0.2) is 30.6 Å². The second kappa shape index (κ2) is 8.80. The molecule has 0 saturated heterocycles. The first-order valence-corrected chi connectivity index (χ1v) is 8.97. The first kappa shape index (κ1) is 18.4. The van der Waals surface area contributed by atoms with Gasteiger partial charge in [-0.05, 0) is 25.0 Å². The van der Waals surface area contributed by atoms with Crippen LogP contribution in [0, 0.1) is 5.92 Å². The Morgan fingerprint density at radius 1 is 1.25 bits per heavy atom. The predicted molar refractivity (Wildman–Crippen MR) is 101 cm³/mol. The second-order valence-electron chi connectivity index (χ2n) is 6.26. The zero-order valence-corrected chi connectivity index (χ0v) is 15.4. The molecule has 0 aliphatic heterocycles. The minimum absolute atomic E-state index is 0.0463. The molecule has 2 rings (SSSR count). The number of hydrogen-bond donors (Lipinski definition) is 2. The molecule has 0 radical (unpaired) electrons. The van der Waals surface area contributed by atoms with Crippen LogP contribution in [0.25, 0.3) is 11.3 Å². The molecular formula is C18H25N3O2S. The third-order valence-corrected chi connectivity index (χ3v) is 4.12. The Morgan fingerprint density at radius 2 is 1.96 bits per heavy atom. The van der Waals surface area contributed by atoms with Crippen molar-refractivity contribution < 1.29 is 9.53 Å². The van der Waals surface area contributed by atoms with Gasteiger partial charge in [-0.3, -0.25) is 4.79 Å². The van der Waals surface area contributed by atoms with Gasteiger partial charge >= 0.3 is 0 Å². The van der Waals surface area contributed by atoms with Crippen molar-refractivity contribution in [2.45, 2.75) is 33.2 Å². The topological polar surface area (TPSA) is 63.2 Å². The molecule has 0 aliphatic carbocycles. The quantitative estimate of drug-likeness (QED) is 0.750. The minimum atomic E-state index is 0.0463. The smallest absolute Gasteiger partial charge is 0.224 e. The van der Waals surface area contributed by atoms with E-state index in [0.29, 0.717) is 18.9 Å². The molecule has 0 fully saturated rings. The molecular weight excluding hydrogens is 322 g/mol. The number of hydrogen-bond acceptors (Lipinski definition) is 5. The summed E-state index contributed by atoms with van der Waals surface area (Å²) in [6, 6.07) is 7.99. The number of thiazole rings is 1. The van der Waals surface area contributed by atoms with Gasteiger partial charge < -0.3 is 15.4 Å². The number of amides is 1. The molecule has 0 unspecified atom stereocenters. The van der Waals surface area contributed by atoms with Gasteiger partial charge in [0.15, 0.2) is 5.13 Å². The summed E-state index contributed by atoms with van der Waals surface area (Å²) in [7, 11) is 1.69. The summed E-state index contributed by atoms with van der Waals surface area (Å²) in [4.78, 5) is 16.4. The largest absolute Gasteiger partial charge is 0.383 e. The third kappa shape index (κ3) is 5.62. The van der Waals surface area contributed by atoms with E-state index < -0.39 is 0 Å². The SMILES string of the molecule is COC[C@@H](C)Nc1nc(-c2ccc(NC(=O)CC(C)C)cc2)cs1. The van der Waals surface area contributed by atoms with Crippen molar-refractivity contribution in [3.05, 3.63) is 29.6 Å². The first-order chi connectivity index (χ1) is 11.5. The Kier molecular flexibility index (Phi) is 6.75. The molecule has 0 aliphatic rings. The highest BCUT2D eigenvalue weighted by Gasteiger charge is 2.09. The Labute approximate surface area is 147 Å². The molecule has 0 saturated carbocycles. The van der Waals surface area contributed by atoms with E-state index in [1.807, 2.05) is 43.5 Å². The number of methoxy groups -OCH3 is 1. The molecule has 2 aromatic rings. The molecule has 2 N–H and O–H groups in total. The lowest BCUT2D eigenvalue weighted by atomic mass is 10.1. The lowest BCUT2D eigenvalue weighted by Gasteiger charge is -2.10. The molecule has 1 atom stereocenters. The first-order valence-electron chi connectivity index (χ1n) is 8.09. The van der Waals surface area contributed by atoms with Gasteiger partial charge in [0.2, 0.25) is 5.91 Å². The number of carbonyl (C=O) groups excluding carboxylic acids is 1. The fourth-order valence-corrected chi connectivity index (χ4v) is 3.11. The monoisotopic (exact) mass is 347 g/mol. The Bertz CT molecular complexity index is 653. The van der Waals surface area contributed by atoms with Crippen LogP contribution < -0.4 is 10.6 Å². The normalized spacial score (nSPS) is 12.2. The number of rotatable bonds is 8. The maximum absolute atomic E-state index is 11.8. The molecule has 130 valence electrons. The van der Waals surface area contributed by atoms with Crippen LogP contribution in [0.1, 0.15) is 27.2 Å². The molecule has 6 heteroatoms. The average molecular weight is 347 g/mol. The van der Waals surface area contributed by atoms with Crippen molar-refractivity contribution in [2.24, 2.45) is 5.92 Å². The molecule has 1 amide bonds. The van der Waals surface area contributed by atoms with Crippen LogP contribution in [-0.2, 0) is 9.53 Å². The van der Waals surface area contributed by atoms with Crippen LogP contribution in [0.15, 0.2) is 29.6 Å². The van der Waals surface area contributed by atoms with Crippen molar-refractivity contribution in [3.63, 3.8) is 0 Å². The van der Waals surface area contributed by atoms with Crippen molar-refractivity contribution in [1.82, 2.24) is 4.98 Å². The van der Waals surface area contributed by atoms with E-state index in [9.17, 15) is 4.79 Å². The van der Waals surface area contributed by atoms with Gasteiger partial charge in [-0.2, -0.15) is 0 Å². The average Bonchev–Trinajstić information content (AvgIpc) is 2.95. The molecule has 24 heavy (non-hydrogen) atoms. The van der Waals surface area contributed by atoms with E-state index in [0.717, 1.165) is 22.1 Å². The van der Waals surface area contributed by atoms with Gasteiger partial charge in [0.25, 0.3) is 0 Å². The number of ether oxygens (including phenoxy) is 1. The summed E-state index contributed by atoms with van der Waals surface area (Å²) in [6.07, 6.45) is 0.530. The van der Waals surface area contributed by atoms with E-state index in [2.05, 4.69) is 22.5 Å². The lowest BCUT2D eigenvalue weighted by Crippen LogP contribution is -2.20. The van der Waals surface area contributed by atoms with Crippen molar-refractivity contribution >= 4 is 28.1 Å². The van der Waals surface area contributed by atoms with E-state index in [1.165, 1.54) is 0 Å². The highest BCUT2D eigenvalue weighted by atomic mass is 32.1. The van der Waals surface area contributed by atoms with Gasteiger partial charge in [0.1, 0.15) is 0 Å². The highest BCUT2D eigenvalue weighted by molar-refractivity contribution is 7.14. The Morgan fingerprint density at radius 3 is 2.58 bits per heavy atom. The highest BCUT2D eigenvalue weighted by Crippen LogP contribution is 2.26. The van der Waals surface area contributed by atoms with Crippen LogP contribution in [0.5, 0.6) is 0 Å². The van der Waals surface area contributed by atoms with E-state index in [-0.39, 0.29) is 11.9 Å². The maximum Gasteiger partial charge on any atom is 0.224 e. The van der Waals surface area contributed by atoms with Crippen molar-refractivity contribution in [1.29, 1.82) is 0 Å². The van der Waals surface area contributed by atoms with Crippen LogP contribution >= 0.6 is 11.3 Å². The molecule has 1 heterocycles. The number of aromatic nitrogens is 1. The fourth-order valence-electron chi connectivity index (χ4n) is 2.28. The van der Waals surface area contributed by atoms with Gasteiger partial charge in [-0.15, -0.1) is 11.3 Å². The molecule has 5 nitrogen and oxygen atoms in total. The summed E-state index contributed by atoms with van der Waals surface area (Å²) in [5, 5.41) is 9.13. The van der Waals surface area contributed by atoms with Crippen LogP contribution in [0.2, 0.25) is 0 Å². The van der Waals surface area contributed by atoms with E-state index in [4.69, 9.17) is 4.74 Å². The zero-order valence-electron chi connectivity index (χ0n) is 14.6. The third-order valence-electron chi connectivity index (χ3n) is 3.35. The number of anilines is 2. The van der Waals surface area contributed by atoms with Crippen molar-refractivity contribution in [3.8, 4) is 11.3 Å².